The minimum atomic E-state index is 0.224. The van der Waals surface area contributed by atoms with Crippen molar-refractivity contribution in [2.24, 2.45) is 0 Å². The number of aromatic nitrogens is 4. The third-order valence-electron chi connectivity index (χ3n) is 5.70. The Morgan fingerprint density at radius 1 is 1.00 bits per heavy atom. The average molecular weight is 416 g/mol. The van der Waals surface area contributed by atoms with Crippen LogP contribution >= 0.6 is 0 Å². The number of aryl methyl sites for hydroxylation is 1. The largest absolute Gasteiger partial charge is 0.440 e. The number of benzene rings is 2. The first-order valence-electron chi connectivity index (χ1n) is 10.5. The third kappa shape index (κ3) is 4.34. The number of nitrogen functional groups attached to an aromatic ring is 1. The third-order valence-corrected chi connectivity index (χ3v) is 5.70. The number of nitrogens with two attached hydrogens (primary N) is 1. The summed E-state index contributed by atoms with van der Waals surface area (Å²) in [6.07, 6.45) is 1.98. The molecule has 0 radical (unpaired) electrons. The number of likely N-dealkylation sites (tertiary alicyclic amines) is 1. The predicted molar refractivity (Wildman–Crippen MR) is 120 cm³/mol. The number of oxazole rings is 1. The Bertz CT molecular complexity index is 1160. The lowest BCUT2D eigenvalue weighted by Gasteiger charge is -2.29. The van der Waals surface area contributed by atoms with Crippen LogP contribution < -0.4 is 11.1 Å². The number of nitrogens with zero attached hydrogens (tertiary/aromatic N) is 5. The van der Waals surface area contributed by atoms with Gasteiger partial charge in [-0.2, -0.15) is 15.0 Å². The number of rotatable bonds is 5. The molecule has 8 nitrogen and oxygen atoms in total. The number of hydrogen-bond donors (Lipinski definition) is 2. The molecule has 8 heteroatoms. The molecule has 0 aliphatic carbocycles. The zero-order chi connectivity index (χ0) is 21.2. The second kappa shape index (κ2) is 8.31. The Hall–Kier alpha value is -3.52. The molecule has 0 unspecified atom stereocenters. The Morgan fingerprint density at radius 2 is 1.77 bits per heavy atom. The van der Waals surface area contributed by atoms with Crippen molar-refractivity contribution < 1.29 is 4.42 Å². The smallest absolute Gasteiger partial charge is 0.232 e. The fourth-order valence-corrected chi connectivity index (χ4v) is 4.00. The summed E-state index contributed by atoms with van der Waals surface area (Å²) in [7, 11) is 0. The average Bonchev–Trinajstić information content (AvgIpc) is 3.20. The van der Waals surface area contributed by atoms with Crippen LogP contribution in [-0.2, 0) is 6.54 Å². The number of fused-ring (bicyclic) bond motifs is 1. The summed E-state index contributed by atoms with van der Waals surface area (Å²) in [6, 6.07) is 15.9. The highest BCUT2D eigenvalue weighted by molar-refractivity contribution is 5.72. The van der Waals surface area contributed by atoms with E-state index in [9.17, 15) is 0 Å². The maximum Gasteiger partial charge on any atom is 0.232 e. The first kappa shape index (κ1) is 19.4. The van der Waals surface area contributed by atoms with Crippen LogP contribution in [0.15, 0.2) is 52.9 Å². The lowest BCUT2D eigenvalue weighted by atomic mass is 9.97. The van der Waals surface area contributed by atoms with Crippen LogP contribution in [0.5, 0.6) is 0 Å². The summed E-state index contributed by atoms with van der Waals surface area (Å²) in [4.78, 5) is 20.2. The van der Waals surface area contributed by atoms with E-state index in [-0.39, 0.29) is 5.95 Å². The van der Waals surface area contributed by atoms with E-state index in [1.165, 1.54) is 0 Å². The molecule has 1 aliphatic heterocycles. The van der Waals surface area contributed by atoms with Crippen LogP contribution in [0, 0.1) is 6.92 Å². The van der Waals surface area contributed by atoms with E-state index in [1.54, 1.807) is 0 Å². The molecular formula is C23H25N7O. The molecule has 158 valence electrons. The van der Waals surface area contributed by atoms with Crippen molar-refractivity contribution in [2.75, 3.05) is 24.1 Å². The summed E-state index contributed by atoms with van der Waals surface area (Å²) in [5.41, 5.74) is 9.80. The van der Waals surface area contributed by atoms with Crippen molar-refractivity contribution in [1.82, 2.24) is 24.8 Å². The molecule has 0 bridgehead atoms. The Kier molecular flexibility index (Phi) is 5.21. The van der Waals surface area contributed by atoms with Crippen LogP contribution in [-0.4, -0.2) is 37.9 Å². The van der Waals surface area contributed by atoms with Crippen LogP contribution in [0.3, 0.4) is 0 Å². The van der Waals surface area contributed by atoms with Crippen molar-refractivity contribution in [3.63, 3.8) is 0 Å². The van der Waals surface area contributed by atoms with Crippen molar-refractivity contribution in [1.29, 1.82) is 0 Å². The highest BCUT2D eigenvalue weighted by Crippen LogP contribution is 2.30. The normalized spacial score (nSPS) is 15.4. The van der Waals surface area contributed by atoms with Gasteiger partial charge in [-0.15, -0.1) is 0 Å². The lowest BCUT2D eigenvalue weighted by molar-refractivity contribution is 0.190. The van der Waals surface area contributed by atoms with E-state index in [0.29, 0.717) is 24.2 Å². The van der Waals surface area contributed by atoms with Gasteiger partial charge in [-0.3, -0.25) is 4.90 Å². The topological polar surface area (TPSA) is 106 Å². The summed E-state index contributed by atoms with van der Waals surface area (Å²) in [5, 5.41) is 3.25. The van der Waals surface area contributed by atoms with Crippen molar-refractivity contribution in [3.05, 3.63) is 65.8 Å². The molecule has 3 N–H and O–H groups in total. The van der Waals surface area contributed by atoms with Gasteiger partial charge in [0, 0.05) is 11.6 Å². The standard InChI is InChI=1S/C23H25N7O/c1-15-6-2-3-7-17(15)26-23-28-20(27-22(24)29-23)14-30-12-10-16(11-13-30)21-25-18-8-4-5-9-19(18)31-21/h2-9,16H,10-14H2,1H3,(H3,24,26,27,28,29). The molecule has 3 heterocycles. The molecule has 0 amide bonds. The minimum absolute atomic E-state index is 0.224. The number of hydrogen-bond acceptors (Lipinski definition) is 8. The lowest BCUT2D eigenvalue weighted by Crippen LogP contribution is -2.33. The quantitative estimate of drug-likeness (QED) is 0.503. The monoisotopic (exact) mass is 415 g/mol. The zero-order valence-electron chi connectivity index (χ0n) is 17.5. The van der Waals surface area contributed by atoms with E-state index in [1.807, 2.05) is 55.5 Å². The molecule has 1 saturated heterocycles. The zero-order valence-corrected chi connectivity index (χ0v) is 17.5. The fourth-order valence-electron chi connectivity index (χ4n) is 4.00. The van der Waals surface area contributed by atoms with Crippen molar-refractivity contribution >= 4 is 28.7 Å². The summed E-state index contributed by atoms with van der Waals surface area (Å²) < 4.78 is 5.97. The maximum absolute atomic E-state index is 5.97. The Labute approximate surface area is 180 Å². The number of piperidine rings is 1. The van der Waals surface area contributed by atoms with Crippen LogP contribution in [0.1, 0.15) is 36.0 Å². The number of anilines is 3. The molecule has 0 saturated carbocycles. The molecule has 2 aromatic carbocycles. The van der Waals surface area contributed by atoms with E-state index in [2.05, 4.69) is 30.2 Å². The van der Waals surface area contributed by atoms with E-state index < -0.39 is 0 Å². The van der Waals surface area contributed by atoms with Gasteiger partial charge >= 0.3 is 0 Å². The first-order valence-corrected chi connectivity index (χ1v) is 10.5. The second-order valence-corrected chi connectivity index (χ2v) is 7.94. The van der Waals surface area contributed by atoms with Gasteiger partial charge in [-0.05, 0) is 56.6 Å². The molecule has 2 aromatic heterocycles. The molecule has 0 spiro atoms. The molecule has 1 fully saturated rings. The first-order chi connectivity index (χ1) is 15.1. The van der Waals surface area contributed by atoms with Gasteiger partial charge in [0.2, 0.25) is 11.9 Å². The van der Waals surface area contributed by atoms with Crippen LogP contribution in [0.4, 0.5) is 17.6 Å². The molecule has 0 atom stereocenters. The highest BCUT2D eigenvalue weighted by Gasteiger charge is 2.25. The fraction of sp³-hybridized carbons (Fsp3) is 0.304. The Balaban J connectivity index is 1.24. The summed E-state index contributed by atoms with van der Waals surface area (Å²) in [5.74, 6) is 2.55. The highest BCUT2D eigenvalue weighted by atomic mass is 16.3. The van der Waals surface area contributed by atoms with E-state index >= 15 is 0 Å². The second-order valence-electron chi connectivity index (χ2n) is 7.94. The van der Waals surface area contributed by atoms with Gasteiger partial charge in [-0.25, -0.2) is 4.98 Å². The van der Waals surface area contributed by atoms with Crippen molar-refractivity contribution in [3.8, 4) is 0 Å². The summed E-state index contributed by atoms with van der Waals surface area (Å²) >= 11 is 0. The van der Waals surface area contributed by atoms with E-state index in [4.69, 9.17) is 10.2 Å². The molecule has 1 aliphatic rings. The Morgan fingerprint density at radius 3 is 2.58 bits per heavy atom. The molecule has 4 aromatic rings. The van der Waals surface area contributed by atoms with Crippen molar-refractivity contribution in [2.45, 2.75) is 32.2 Å². The minimum Gasteiger partial charge on any atom is -0.440 e. The predicted octanol–water partition coefficient (Wildman–Crippen LogP) is 4.03. The van der Waals surface area contributed by atoms with Gasteiger partial charge in [0.1, 0.15) is 11.3 Å². The van der Waals surface area contributed by atoms with Gasteiger partial charge in [0.15, 0.2) is 11.5 Å². The van der Waals surface area contributed by atoms with Crippen LogP contribution in [0.25, 0.3) is 11.1 Å². The van der Waals surface area contributed by atoms with Gasteiger partial charge in [0.05, 0.1) is 6.54 Å². The van der Waals surface area contributed by atoms with Gasteiger partial charge < -0.3 is 15.5 Å². The molecule has 5 rings (SSSR count). The van der Waals surface area contributed by atoms with Crippen LogP contribution in [0.2, 0.25) is 0 Å². The van der Waals surface area contributed by atoms with Gasteiger partial charge in [0.25, 0.3) is 0 Å². The van der Waals surface area contributed by atoms with Gasteiger partial charge in [-0.1, -0.05) is 30.3 Å². The molecular weight excluding hydrogens is 390 g/mol. The molecule has 31 heavy (non-hydrogen) atoms. The summed E-state index contributed by atoms with van der Waals surface area (Å²) in [6.45, 7) is 4.52. The number of para-hydroxylation sites is 3. The van der Waals surface area contributed by atoms with E-state index in [0.717, 1.165) is 54.2 Å². The number of nitrogens with one attached hydrogen (secondary N) is 1. The maximum atomic E-state index is 5.97. The SMILES string of the molecule is Cc1ccccc1Nc1nc(N)nc(CN2CCC(c3nc4ccccc4o3)CC2)n1.